The molecule has 0 spiro atoms. The molecule has 2 heterocycles. The first kappa shape index (κ1) is 96.0. The maximum Gasteiger partial charge on any atom is 0.410 e. The zero-order valence-electron chi connectivity index (χ0n) is 68.3. The molecule has 9 amide bonds. The van der Waals surface area contributed by atoms with Crippen LogP contribution in [-0.4, -0.2) is 232 Å². The number of aliphatic hydroxyl groups is 1. The van der Waals surface area contributed by atoms with Gasteiger partial charge in [0.25, 0.3) is 5.91 Å². The summed E-state index contributed by atoms with van der Waals surface area (Å²) >= 11 is 6.88. The Morgan fingerprint density at radius 3 is 1.87 bits per heavy atom. The van der Waals surface area contributed by atoms with Crippen LogP contribution in [-0.2, 0) is 84.0 Å². The standard InChI is InChI=1S/C82H123Br2N11O18/c1-15-53(8)74(69(107-13)46-71(99)95-34-20-24-66(95)76(108-14)54(9)77(101)88-55(10)75(100)57-21-17-16-18-22-57)93(11)80(104)61(50(2)3)45-68(97)73(52(6)7)94(12)82(106)113-49-56-25-28-60(29-26-56)89-79(103)58(23-19-32-87-81(85)105)44-67(96)72(51(4)5)92-70(98)31-35-109-37-39-111-41-42-112-40-38-110-36-33-86-78(102)59-27-30-62-63(43-59)91-65(48-84)64(47-83)90-62/h16-18,21-22,25-30,43,50-55,58,61,66,69,72-76,100H,15,19-20,23-24,31-42,44-49H2,1-14H3,(H,86,102)(H,88,101)(H,89,103)(H,92,98)(H3,85,87,105)/t53-,54+,55+,58+,61-,66-,69+,72-,73-,74-,75+,76+/m0/s1. The molecule has 31 heteroatoms. The van der Waals surface area contributed by atoms with E-state index in [0.29, 0.717) is 116 Å². The van der Waals surface area contributed by atoms with Crippen LogP contribution in [0.1, 0.15) is 166 Å². The number of likely N-dealkylation sites (N-methyl/N-ethyl adjacent to an activating group) is 2. The molecule has 3 aromatic carbocycles. The van der Waals surface area contributed by atoms with E-state index >= 15 is 0 Å². The first-order valence-electron chi connectivity index (χ1n) is 39.2. The minimum absolute atomic E-state index is 0.0345. The Labute approximate surface area is 683 Å². The summed E-state index contributed by atoms with van der Waals surface area (Å²) in [6.07, 6.45) is -1.24. The molecule has 1 saturated heterocycles. The Hall–Kier alpha value is -7.62. The number of nitrogens with two attached hydrogens (primary N) is 1. The van der Waals surface area contributed by atoms with Gasteiger partial charge in [0.05, 0.1) is 136 Å². The number of benzene rings is 3. The Balaban J connectivity index is 1.06. The fourth-order valence-electron chi connectivity index (χ4n) is 14.1. The summed E-state index contributed by atoms with van der Waals surface area (Å²) in [7, 11) is 6.20. The molecule has 0 radical (unpaired) electrons. The van der Waals surface area contributed by atoms with Crippen LogP contribution < -0.4 is 32.3 Å². The minimum atomic E-state index is -0.977. The van der Waals surface area contributed by atoms with Gasteiger partial charge in [-0.05, 0) is 97.7 Å². The molecule has 0 saturated carbocycles. The Bertz CT molecular complexity index is 3680. The maximum absolute atomic E-state index is 14.9. The van der Waals surface area contributed by atoms with Crippen molar-refractivity contribution >= 4 is 108 Å². The molecule has 29 nitrogen and oxygen atoms in total. The van der Waals surface area contributed by atoms with Gasteiger partial charge in [0.1, 0.15) is 6.61 Å². The number of nitrogens with one attached hydrogen (secondary N) is 5. The molecule has 1 fully saturated rings. The molecule has 0 bridgehead atoms. The van der Waals surface area contributed by atoms with Crippen molar-refractivity contribution in [3.8, 4) is 0 Å². The van der Waals surface area contributed by atoms with Gasteiger partial charge in [0, 0.05) is 101 Å². The van der Waals surface area contributed by atoms with E-state index in [4.69, 9.17) is 38.9 Å². The predicted molar refractivity (Wildman–Crippen MR) is 436 cm³/mol. The smallest absolute Gasteiger partial charge is 0.410 e. The second-order valence-corrected chi connectivity index (χ2v) is 31.1. The summed E-state index contributed by atoms with van der Waals surface area (Å²) in [6.45, 7) is 21.2. The number of ketones is 2. The highest BCUT2D eigenvalue weighted by Gasteiger charge is 2.44. The number of urea groups is 1. The van der Waals surface area contributed by atoms with E-state index < -0.39 is 90.2 Å². The number of fused-ring (bicyclic) bond motifs is 1. The van der Waals surface area contributed by atoms with Crippen molar-refractivity contribution in [3.63, 3.8) is 0 Å². The number of carbonyl (C=O) groups excluding carboxylic acids is 10. The number of aromatic nitrogens is 2. The third kappa shape index (κ3) is 30.5. The quantitative estimate of drug-likeness (QED) is 0.0160. The lowest BCUT2D eigenvalue weighted by Gasteiger charge is -2.41. The number of methoxy groups -OCH3 is 2. The van der Waals surface area contributed by atoms with Gasteiger partial charge in [0.2, 0.25) is 29.5 Å². The second kappa shape index (κ2) is 50.0. The average Bonchev–Trinajstić information content (AvgIpc) is 1.80. The number of ether oxygens (including phenoxy) is 7. The van der Waals surface area contributed by atoms with Gasteiger partial charge in [-0.1, -0.05) is 143 Å². The lowest BCUT2D eigenvalue weighted by molar-refractivity contribution is -0.149. The van der Waals surface area contributed by atoms with Gasteiger partial charge in [-0.2, -0.15) is 0 Å². The number of primary amides is 1. The van der Waals surface area contributed by atoms with Gasteiger partial charge in [-0.15, -0.1) is 0 Å². The molecular weight excluding hydrogens is 1590 g/mol. The molecule has 0 unspecified atom stereocenters. The lowest BCUT2D eigenvalue weighted by atomic mass is 9.83. The molecule has 8 N–H and O–H groups in total. The summed E-state index contributed by atoms with van der Waals surface area (Å²) in [5.74, 6) is -6.25. The van der Waals surface area contributed by atoms with Crippen LogP contribution in [0.25, 0.3) is 11.0 Å². The highest BCUT2D eigenvalue weighted by Crippen LogP contribution is 2.33. The molecule has 5 rings (SSSR count). The molecule has 1 aliphatic heterocycles. The Kier molecular flexibility index (Phi) is 42.5. The van der Waals surface area contributed by atoms with Gasteiger partial charge in [0.15, 0.2) is 11.6 Å². The predicted octanol–water partition coefficient (Wildman–Crippen LogP) is 9.39. The van der Waals surface area contributed by atoms with Crippen molar-refractivity contribution in [2.75, 3.05) is 106 Å². The van der Waals surface area contributed by atoms with E-state index in [2.05, 4.69) is 68.4 Å². The first-order valence-corrected chi connectivity index (χ1v) is 41.5. The maximum atomic E-state index is 14.9. The van der Waals surface area contributed by atoms with Crippen LogP contribution >= 0.6 is 31.9 Å². The number of hydrogen-bond donors (Lipinski definition) is 7. The van der Waals surface area contributed by atoms with Crippen molar-refractivity contribution in [2.24, 2.45) is 47.2 Å². The van der Waals surface area contributed by atoms with Gasteiger partial charge in [-0.25, -0.2) is 19.6 Å². The number of carbonyl (C=O) groups is 10. The normalized spacial score (nSPS) is 15.9. The second-order valence-electron chi connectivity index (χ2n) is 29.9. The Morgan fingerprint density at radius 2 is 1.29 bits per heavy atom. The summed E-state index contributed by atoms with van der Waals surface area (Å²) in [5, 5.41) is 26.1. The lowest BCUT2D eigenvalue weighted by Crippen LogP contribution is -2.55. The van der Waals surface area contributed by atoms with E-state index in [1.54, 1.807) is 99.1 Å². The molecule has 1 aromatic heterocycles. The molecule has 0 aliphatic carbocycles. The topological polar surface area (TPSA) is 377 Å². The van der Waals surface area contributed by atoms with Crippen molar-refractivity contribution in [3.05, 3.63) is 101 Å². The van der Waals surface area contributed by atoms with E-state index in [1.165, 1.54) is 26.2 Å². The van der Waals surface area contributed by atoms with Crippen LogP contribution in [0.3, 0.4) is 0 Å². The van der Waals surface area contributed by atoms with Crippen LogP contribution in [0, 0.1) is 41.4 Å². The zero-order chi connectivity index (χ0) is 83.4. The number of likely N-dealkylation sites (tertiary alicyclic amines) is 1. The highest BCUT2D eigenvalue weighted by atomic mass is 79.9. The number of Topliss-reactive ketones (excluding diaryl/α,β-unsaturated/α-hetero) is 2. The number of nitrogens with zero attached hydrogens (tertiary/aromatic N) is 5. The number of halogens is 2. The van der Waals surface area contributed by atoms with Crippen LogP contribution in [0.5, 0.6) is 0 Å². The average molecular weight is 1710 g/mol. The number of amides is 9. The molecule has 1 aliphatic rings. The first-order chi connectivity index (χ1) is 53.9. The van der Waals surface area contributed by atoms with E-state index in [1.807, 2.05) is 59.7 Å². The van der Waals surface area contributed by atoms with Crippen LogP contribution in [0.4, 0.5) is 15.3 Å². The Morgan fingerprint density at radius 1 is 0.673 bits per heavy atom. The van der Waals surface area contributed by atoms with Gasteiger partial charge < -0.3 is 85.3 Å². The number of hydrogen-bond acceptors (Lipinski definition) is 20. The molecule has 628 valence electrons. The number of alkyl halides is 2. The molecule has 113 heavy (non-hydrogen) atoms. The fraction of sp³-hybridized carbons (Fsp3) is 0.634. The van der Waals surface area contributed by atoms with Crippen molar-refractivity contribution in [2.45, 2.75) is 193 Å². The van der Waals surface area contributed by atoms with Crippen molar-refractivity contribution in [1.82, 2.24) is 45.9 Å². The van der Waals surface area contributed by atoms with Crippen molar-refractivity contribution < 1.29 is 86.2 Å². The zero-order valence-corrected chi connectivity index (χ0v) is 71.5. The third-order valence-corrected chi connectivity index (χ3v) is 21.7. The monoisotopic (exact) mass is 1710 g/mol. The fourth-order valence-corrected chi connectivity index (χ4v) is 15.0. The van der Waals surface area contributed by atoms with E-state index in [9.17, 15) is 53.1 Å². The highest BCUT2D eigenvalue weighted by molar-refractivity contribution is 9.09. The number of anilines is 1. The van der Waals surface area contributed by atoms with Crippen molar-refractivity contribution in [1.29, 1.82) is 0 Å². The van der Waals surface area contributed by atoms with Crippen LogP contribution in [0.15, 0.2) is 72.8 Å². The number of rotatable bonds is 52. The van der Waals surface area contributed by atoms with Crippen LogP contribution in [0.2, 0.25) is 0 Å². The molecule has 4 aromatic rings. The van der Waals surface area contributed by atoms with E-state index in [-0.39, 0.29) is 124 Å². The van der Waals surface area contributed by atoms with E-state index in [0.717, 1.165) is 11.4 Å². The van der Waals surface area contributed by atoms with Gasteiger partial charge >= 0.3 is 12.1 Å². The number of aliphatic hydroxyl groups excluding tert-OH is 1. The van der Waals surface area contributed by atoms with Gasteiger partial charge in [-0.3, -0.25) is 38.4 Å². The summed E-state index contributed by atoms with van der Waals surface area (Å²) in [6, 6.07) is 16.6. The summed E-state index contributed by atoms with van der Waals surface area (Å²) < 4.78 is 40.2. The largest absolute Gasteiger partial charge is 0.445 e. The molecule has 12 atom stereocenters. The summed E-state index contributed by atoms with van der Waals surface area (Å²) in [4.78, 5) is 151. The minimum Gasteiger partial charge on any atom is -0.445 e. The molecular formula is C82H123Br2N11O18. The summed E-state index contributed by atoms with van der Waals surface area (Å²) in [5.41, 5.74) is 10.4. The third-order valence-electron chi connectivity index (χ3n) is 20.7. The SMILES string of the molecule is CC[C@H](C)[C@@H]([C@@H](CC(=O)N1CCC[C@H]1[C@H](OC)[C@@H](C)C(=O)N[C@H](C)[C@@H](O)c1ccccc1)OC)N(C)C(=O)[C@@H](CC(=O)[C@H](C(C)C)N(C)C(=O)OCc1ccc(NC(=O)[C@H](CCCNC(N)=O)CC(=O)[C@@H](NC(=O)CCOCCOCCOCCOCCNC(=O)c2ccc3nc(CBr)c(CBr)nc3c2)C(C)C)cc1)C(C)C.